The second kappa shape index (κ2) is 4.45. The molecule has 2 aromatic carbocycles. The second-order valence-corrected chi connectivity index (χ2v) is 5.41. The van der Waals surface area contributed by atoms with Gasteiger partial charge < -0.3 is 0 Å². The van der Waals surface area contributed by atoms with E-state index in [1.807, 2.05) is 54.6 Å². The van der Waals surface area contributed by atoms with Gasteiger partial charge in [-0.15, -0.1) is 0 Å². The molecule has 0 aliphatic carbocycles. The fourth-order valence-corrected chi connectivity index (χ4v) is 3.14. The minimum Gasteiger partial charge on any atom is -0.281 e. The van der Waals surface area contributed by atoms with Gasteiger partial charge in [-0.1, -0.05) is 48.5 Å². The van der Waals surface area contributed by atoms with Gasteiger partial charge in [0.15, 0.2) is 0 Å². The first-order valence-corrected chi connectivity index (χ1v) is 7.02. The third-order valence-electron chi connectivity index (χ3n) is 4.15. The van der Waals surface area contributed by atoms with Gasteiger partial charge in [-0.2, -0.15) is 0 Å². The Labute approximate surface area is 122 Å². The summed E-state index contributed by atoms with van der Waals surface area (Å²) in [6.45, 7) is 0.341. The summed E-state index contributed by atoms with van der Waals surface area (Å²) in [6.07, 6.45) is 0.617. The molecule has 1 unspecified atom stereocenters. The van der Waals surface area contributed by atoms with Gasteiger partial charge in [0.2, 0.25) is 0 Å². The van der Waals surface area contributed by atoms with Crippen LogP contribution in [0.1, 0.15) is 11.1 Å². The highest BCUT2D eigenvalue weighted by atomic mass is 16.2. The molecular formula is C17H14N2O2. The number of nitrogens with zero attached hydrogens (tertiary/aromatic N) is 2. The molecule has 0 N–H and O–H groups in total. The molecule has 4 rings (SSSR count). The molecule has 0 spiro atoms. The standard InChI is InChI=1S/C17H14N2O2/c20-16-15-10-13-8-4-5-9-14(13)19(15)17(21)18(16)11-12-6-2-1-3-7-12/h1-9,15H,10-11H2. The number of para-hydroxylation sites is 1. The zero-order chi connectivity index (χ0) is 14.4. The first-order valence-electron chi connectivity index (χ1n) is 7.02. The summed E-state index contributed by atoms with van der Waals surface area (Å²) in [5.41, 5.74) is 2.91. The lowest BCUT2D eigenvalue weighted by Crippen LogP contribution is -2.32. The maximum atomic E-state index is 12.6. The van der Waals surface area contributed by atoms with Crippen LogP contribution in [0, 0.1) is 0 Å². The Bertz CT molecular complexity index is 727. The molecule has 2 aromatic rings. The Morgan fingerprint density at radius 3 is 2.48 bits per heavy atom. The van der Waals surface area contributed by atoms with Gasteiger partial charge in [-0.05, 0) is 17.2 Å². The largest absolute Gasteiger partial charge is 0.332 e. The van der Waals surface area contributed by atoms with Crippen LogP contribution in [0.25, 0.3) is 0 Å². The van der Waals surface area contributed by atoms with E-state index in [1.165, 1.54) is 4.90 Å². The van der Waals surface area contributed by atoms with Crippen LogP contribution in [-0.4, -0.2) is 22.9 Å². The van der Waals surface area contributed by atoms with Crippen molar-refractivity contribution in [2.45, 2.75) is 19.0 Å². The zero-order valence-corrected chi connectivity index (χ0v) is 11.4. The van der Waals surface area contributed by atoms with Crippen molar-refractivity contribution in [1.82, 2.24) is 4.90 Å². The molecule has 0 saturated carbocycles. The SMILES string of the molecule is O=C1C2Cc3ccccc3N2C(=O)N1Cc1ccccc1. The fraction of sp³-hybridized carbons (Fsp3) is 0.176. The van der Waals surface area contributed by atoms with Crippen LogP contribution in [-0.2, 0) is 17.8 Å². The van der Waals surface area contributed by atoms with Crippen molar-refractivity contribution >= 4 is 17.6 Å². The number of fused-ring (bicyclic) bond motifs is 3. The molecule has 21 heavy (non-hydrogen) atoms. The molecule has 3 amide bonds. The third kappa shape index (κ3) is 1.76. The topological polar surface area (TPSA) is 40.6 Å². The fourth-order valence-electron chi connectivity index (χ4n) is 3.14. The van der Waals surface area contributed by atoms with Crippen LogP contribution < -0.4 is 4.90 Å². The predicted molar refractivity (Wildman–Crippen MR) is 78.8 cm³/mol. The van der Waals surface area contributed by atoms with Crippen molar-refractivity contribution in [3.05, 3.63) is 65.7 Å². The van der Waals surface area contributed by atoms with Gasteiger partial charge in [0.25, 0.3) is 5.91 Å². The lowest BCUT2D eigenvalue weighted by atomic mass is 10.1. The van der Waals surface area contributed by atoms with E-state index in [9.17, 15) is 9.59 Å². The summed E-state index contributed by atoms with van der Waals surface area (Å²) in [4.78, 5) is 28.1. The van der Waals surface area contributed by atoms with Gasteiger partial charge in [0.1, 0.15) is 6.04 Å². The monoisotopic (exact) mass is 278 g/mol. The van der Waals surface area contributed by atoms with Crippen LogP contribution in [0.3, 0.4) is 0 Å². The number of benzene rings is 2. The number of urea groups is 1. The highest BCUT2D eigenvalue weighted by Crippen LogP contribution is 2.37. The number of hydrogen-bond donors (Lipinski definition) is 0. The highest BCUT2D eigenvalue weighted by Gasteiger charge is 2.49. The van der Waals surface area contributed by atoms with Crippen LogP contribution >= 0.6 is 0 Å². The average molecular weight is 278 g/mol. The number of carbonyl (C=O) groups excluding carboxylic acids is 2. The van der Waals surface area contributed by atoms with E-state index in [-0.39, 0.29) is 18.0 Å². The van der Waals surface area contributed by atoms with Crippen LogP contribution in [0.5, 0.6) is 0 Å². The molecule has 0 aromatic heterocycles. The molecule has 2 heterocycles. The molecule has 2 aliphatic heterocycles. The zero-order valence-electron chi connectivity index (χ0n) is 11.4. The Morgan fingerprint density at radius 2 is 1.67 bits per heavy atom. The van der Waals surface area contributed by atoms with Crippen LogP contribution in [0.4, 0.5) is 10.5 Å². The number of amides is 3. The Kier molecular flexibility index (Phi) is 2.57. The normalized spacial score (nSPS) is 19.9. The Morgan fingerprint density at radius 1 is 0.952 bits per heavy atom. The smallest absolute Gasteiger partial charge is 0.281 e. The second-order valence-electron chi connectivity index (χ2n) is 5.41. The van der Waals surface area contributed by atoms with Crippen LogP contribution in [0.2, 0.25) is 0 Å². The highest BCUT2D eigenvalue weighted by molar-refractivity contribution is 6.15. The van der Waals surface area contributed by atoms with Crippen molar-refractivity contribution in [3.8, 4) is 0 Å². The number of rotatable bonds is 2. The number of anilines is 1. The molecule has 1 saturated heterocycles. The van der Waals surface area contributed by atoms with E-state index in [0.29, 0.717) is 13.0 Å². The molecular weight excluding hydrogens is 264 g/mol. The summed E-state index contributed by atoms with van der Waals surface area (Å²) in [6, 6.07) is 16.8. The maximum Gasteiger partial charge on any atom is 0.332 e. The minimum atomic E-state index is -0.362. The Hall–Kier alpha value is -2.62. The molecule has 2 aliphatic rings. The summed E-state index contributed by atoms with van der Waals surface area (Å²) >= 11 is 0. The molecule has 0 bridgehead atoms. The maximum absolute atomic E-state index is 12.6. The van der Waals surface area contributed by atoms with E-state index < -0.39 is 0 Å². The molecule has 1 atom stereocenters. The third-order valence-corrected chi connectivity index (χ3v) is 4.15. The molecule has 4 heteroatoms. The summed E-state index contributed by atoms with van der Waals surface area (Å²) in [5, 5.41) is 0. The minimum absolute atomic E-state index is 0.0972. The van der Waals surface area contributed by atoms with Gasteiger partial charge in [0, 0.05) is 12.1 Å². The first kappa shape index (κ1) is 12.1. The van der Waals surface area contributed by atoms with Crippen LogP contribution in [0.15, 0.2) is 54.6 Å². The molecule has 104 valence electrons. The van der Waals surface area contributed by atoms with Crippen molar-refractivity contribution in [1.29, 1.82) is 0 Å². The van der Waals surface area contributed by atoms with Gasteiger partial charge in [-0.3, -0.25) is 14.6 Å². The number of carbonyl (C=O) groups is 2. The summed E-state index contributed by atoms with van der Waals surface area (Å²) < 4.78 is 0. The number of hydrogen-bond acceptors (Lipinski definition) is 2. The van der Waals surface area contributed by atoms with E-state index in [2.05, 4.69) is 0 Å². The Balaban J connectivity index is 1.66. The summed E-state index contributed by atoms with van der Waals surface area (Å²) in [5.74, 6) is -0.0972. The molecule has 4 nitrogen and oxygen atoms in total. The lowest BCUT2D eigenvalue weighted by molar-refractivity contribution is -0.127. The van der Waals surface area contributed by atoms with Crippen molar-refractivity contribution in [2.24, 2.45) is 0 Å². The van der Waals surface area contributed by atoms with Gasteiger partial charge in [0.05, 0.1) is 6.54 Å². The summed E-state index contributed by atoms with van der Waals surface area (Å²) in [7, 11) is 0. The van der Waals surface area contributed by atoms with Crippen molar-refractivity contribution in [2.75, 3.05) is 4.90 Å². The van der Waals surface area contributed by atoms with Crippen molar-refractivity contribution < 1.29 is 9.59 Å². The lowest BCUT2D eigenvalue weighted by Gasteiger charge is -2.16. The quantitative estimate of drug-likeness (QED) is 0.792. The van der Waals surface area contributed by atoms with E-state index >= 15 is 0 Å². The van der Waals surface area contributed by atoms with E-state index in [0.717, 1.165) is 16.8 Å². The van der Waals surface area contributed by atoms with Crippen molar-refractivity contribution in [3.63, 3.8) is 0 Å². The molecule has 1 fully saturated rings. The van der Waals surface area contributed by atoms with Gasteiger partial charge >= 0.3 is 6.03 Å². The van der Waals surface area contributed by atoms with Gasteiger partial charge in [-0.25, -0.2) is 4.79 Å². The van der Waals surface area contributed by atoms with E-state index in [1.54, 1.807) is 4.90 Å². The van der Waals surface area contributed by atoms with E-state index in [4.69, 9.17) is 0 Å². The average Bonchev–Trinajstić information content (AvgIpc) is 3.00. The predicted octanol–water partition coefficient (Wildman–Crippen LogP) is 2.58. The molecule has 0 radical (unpaired) electrons. The number of imide groups is 1. The first-order chi connectivity index (χ1) is 10.3.